The maximum atomic E-state index is 12.5. The van der Waals surface area contributed by atoms with Gasteiger partial charge < -0.3 is 4.84 Å². The standard InChI is InChI=1S/C15H23NO3S/c1-4-11(16-19-5-2)14-12(17)6-15(7-13(14)18)9-20-8-10(15)3/h10,14H,4-9H2,1-3H3. The molecule has 1 heterocycles. The molecule has 0 aromatic carbocycles. The highest BCUT2D eigenvalue weighted by Crippen LogP contribution is 2.49. The van der Waals surface area contributed by atoms with Crippen LogP contribution in [-0.4, -0.2) is 35.4 Å². The third-order valence-corrected chi connectivity index (χ3v) is 6.02. The Hall–Kier alpha value is -0.840. The summed E-state index contributed by atoms with van der Waals surface area (Å²) in [6, 6.07) is 0. The van der Waals surface area contributed by atoms with E-state index in [0.717, 1.165) is 11.5 Å². The molecule has 1 aliphatic heterocycles. The van der Waals surface area contributed by atoms with Gasteiger partial charge in [-0.25, -0.2) is 0 Å². The molecule has 2 fully saturated rings. The number of hydrogen-bond acceptors (Lipinski definition) is 5. The van der Waals surface area contributed by atoms with Crippen molar-refractivity contribution in [2.45, 2.75) is 40.0 Å². The summed E-state index contributed by atoms with van der Waals surface area (Å²) in [5, 5.41) is 3.99. The van der Waals surface area contributed by atoms with Crippen molar-refractivity contribution >= 4 is 29.0 Å². The van der Waals surface area contributed by atoms with Gasteiger partial charge in [-0.3, -0.25) is 9.59 Å². The van der Waals surface area contributed by atoms with E-state index in [4.69, 9.17) is 4.84 Å². The highest BCUT2D eigenvalue weighted by Gasteiger charge is 2.51. The Labute approximate surface area is 124 Å². The molecule has 2 aliphatic rings. The second-order valence-corrected chi connectivity index (χ2v) is 6.88. The summed E-state index contributed by atoms with van der Waals surface area (Å²) >= 11 is 1.86. The molecule has 1 aliphatic carbocycles. The summed E-state index contributed by atoms with van der Waals surface area (Å²) in [5.41, 5.74) is 0.495. The fourth-order valence-corrected chi connectivity index (χ4v) is 4.91. The zero-order valence-corrected chi connectivity index (χ0v) is 13.3. The van der Waals surface area contributed by atoms with Crippen molar-refractivity contribution in [3.8, 4) is 0 Å². The first-order valence-electron chi connectivity index (χ1n) is 7.36. The Morgan fingerprint density at radius 2 is 2.00 bits per heavy atom. The van der Waals surface area contributed by atoms with E-state index in [9.17, 15) is 9.59 Å². The number of carbonyl (C=O) groups excluding carboxylic acids is 2. The van der Waals surface area contributed by atoms with Crippen molar-refractivity contribution < 1.29 is 14.4 Å². The van der Waals surface area contributed by atoms with Crippen LogP contribution in [0.5, 0.6) is 0 Å². The fraction of sp³-hybridized carbons (Fsp3) is 0.800. The number of carbonyl (C=O) groups is 2. The van der Waals surface area contributed by atoms with E-state index >= 15 is 0 Å². The molecule has 0 bridgehead atoms. The van der Waals surface area contributed by atoms with Gasteiger partial charge in [-0.1, -0.05) is 19.0 Å². The lowest BCUT2D eigenvalue weighted by atomic mass is 9.64. The first kappa shape index (κ1) is 15.5. The van der Waals surface area contributed by atoms with Crippen LogP contribution in [0.2, 0.25) is 0 Å². The maximum Gasteiger partial charge on any atom is 0.149 e. The highest BCUT2D eigenvalue weighted by atomic mass is 32.2. The quantitative estimate of drug-likeness (QED) is 0.455. The van der Waals surface area contributed by atoms with Gasteiger partial charge in [0.2, 0.25) is 0 Å². The van der Waals surface area contributed by atoms with Gasteiger partial charge in [-0.15, -0.1) is 0 Å². The Bertz CT molecular complexity index is 415. The third-order valence-electron chi connectivity index (χ3n) is 4.51. The third kappa shape index (κ3) is 2.78. The zero-order chi connectivity index (χ0) is 14.8. The Balaban J connectivity index is 2.19. The van der Waals surface area contributed by atoms with Gasteiger partial charge in [0.25, 0.3) is 0 Å². The van der Waals surface area contributed by atoms with E-state index in [2.05, 4.69) is 12.1 Å². The monoisotopic (exact) mass is 297 g/mol. The molecular weight excluding hydrogens is 274 g/mol. The number of thioether (sulfide) groups is 1. The average Bonchev–Trinajstić information content (AvgIpc) is 2.73. The molecule has 4 nitrogen and oxygen atoms in total. The lowest BCUT2D eigenvalue weighted by Gasteiger charge is -2.38. The Morgan fingerprint density at radius 1 is 1.35 bits per heavy atom. The molecule has 0 N–H and O–H groups in total. The van der Waals surface area contributed by atoms with Crippen LogP contribution in [0.1, 0.15) is 40.0 Å². The molecule has 0 aromatic rings. The molecule has 1 spiro atoms. The summed E-state index contributed by atoms with van der Waals surface area (Å²) < 4.78 is 0. The van der Waals surface area contributed by atoms with Crippen molar-refractivity contribution in [2.24, 2.45) is 22.4 Å². The highest BCUT2D eigenvalue weighted by molar-refractivity contribution is 7.99. The average molecular weight is 297 g/mol. The lowest BCUT2D eigenvalue weighted by Crippen LogP contribution is -2.46. The summed E-state index contributed by atoms with van der Waals surface area (Å²) in [6.45, 7) is 6.37. The smallest absolute Gasteiger partial charge is 0.149 e. The van der Waals surface area contributed by atoms with Crippen LogP contribution >= 0.6 is 11.8 Å². The second-order valence-electron chi connectivity index (χ2n) is 5.85. The van der Waals surface area contributed by atoms with Crippen molar-refractivity contribution in [2.75, 3.05) is 18.1 Å². The normalized spacial score (nSPS) is 34.9. The van der Waals surface area contributed by atoms with E-state index in [1.807, 2.05) is 25.6 Å². The van der Waals surface area contributed by atoms with E-state index in [1.54, 1.807) is 0 Å². The van der Waals surface area contributed by atoms with Crippen molar-refractivity contribution in [1.29, 1.82) is 0 Å². The number of hydrogen-bond donors (Lipinski definition) is 0. The van der Waals surface area contributed by atoms with Crippen LogP contribution in [0.4, 0.5) is 0 Å². The van der Waals surface area contributed by atoms with Gasteiger partial charge in [0.05, 0.1) is 5.71 Å². The van der Waals surface area contributed by atoms with Gasteiger partial charge in [-0.05, 0) is 30.4 Å². The van der Waals surface area contributed by atoms with Crippen LogP contribution < -0.4 is 0 Å². The molecule has 1 saturated heterocycles. The van der Waals surface area contributed by atoms with Crippen molar-refractivity contribution in [3.63, 3.8) is 0 Å². The van der Waals surface area contributed by atoms with Crippen molar-refractivity contribution in [3.05, 3.63) is 0 Å². The van der Waals surface area contributed by atoms with Gasteiger partial charge in [0, 0.05) is 18.6 Å². The molecule has 5 heteroatoms. The Morgan fingerprint density at radius 3 is 2.45 bits per heavy atom. The molecule has 1 saturated carbocycles. The fourth-order valence-electron chi connectivity index (χ4n) is 3.19. The van der Waals surface area contributed by atoms with E-state index < -0.39 is 5.92 Å². The molecular formula is C15H23NO3S. The number of rotatable bonds is 4. The first-order chi connectivity index (χ1) is 9.54. The first-order valence-corrected chi connectivity index (χ1v) is 8.51. The molecule has 112 valence electrons. The van der Waals surface area contributed by atoms with Gasteiger partial charge in [-0.2, -0.15) is 11.8 Å². The number of ketones is 2. The van der Waals surface area contributed by atoms with E-state index in [1.165, 1.54) is 0 Å². The minimum atomic E-state index is -0.657. The topological polar surface area (TPSA) is 55.7 Å². The maximum absolute atomic E-state index is 12.5. The molecule has 2 rings (SSSR count). The molecule has 1 atom stereocenters. The number of oxime groups is 1. The SMILES string of the molecule is CCON=C(CC)C1C(=O)CC2(CSCC2C)CC1=O. The van der Waals surface area contributed by atoms with Crippen LogP contribution in [-0.2, 0) is 14.4 Å². The van der Waals surface area contributed by atoms with Gasteiger partial charge in [0.1, 0.15) is 24.1 Å². The van der Waals surface area contributed by atoms with Crippen LogP contribution in [0, 0.1) is 17.3 Å². The van der Waals surface area contributed by atoms with Gasteiger partial charge >= 0.3 is 0 Å². The molecule has 0 radical (unpaired) electrons. The Kier molecular flexibility index (Phi) is 4.89. The molecule has 0 amide bonds. The summed E-state index contributed by atoms with van der Waals surface area (Å²) in [6.07, 6.45) is 1.62. The minimum absolute atomic E-state index is 0.0379. The predicted octanol–water partition coefficient (Wildman–Crippen LogP) is 2.71. The number of nitrogens with zero attached hydrogens (tertiary/aromatic N) is 1. The molecule has 0 aromatic heterocycles. The molecule has 1 unspecified atom stereocenters. The van der Waals surface area contributed by atoms with Crippen LogP contribution in [0.25, 0.3) is 0 Å². The lowest BCUT2D eigenvalue weighted by molar-refractivity contribution is -0.138. The summed E-state index contributed by atoms with van der Waals surface area (Å²) in [5.74, 6) is 1.85. The minimum Gasteiger partial charge on any atom is -0.396 e. The van der Waals surface area contributed by atoms with Crippen molar-refractivity contribution in [1.82, 2.24) is 0 Å². The second kappa shape index (κ2) is 6.29. The predicted molar refractivity (Wildman–Crippen MR) is 81.0 cm³/mol. The summed E-state index contributed by atoms with van der Waals surface area (Å²) in [4.78, 5) is 30.1. The zero-order valence-electron chi connectivity index (χ0n) is 12.5. The summed E-state index contributed by atoms with van der Waals surface area (Å²) in [7, 11) is 0. The van der Waals surface area contributed by atoms with Gasteiger partial charge in [0.15, 0.2) is 0 Å². The molecule has 20 heavy (non-hydrogen) atoms. The van der Waals surface area contributed by atoms with E-state index in [0.29, 0.717) is 37.5 Å². The number of Topliss-reactive ketones (excluding diaryl/α,β-unsaturated/α-hetero) is 2. The van der Waals surface area contributed by atoms with E-state index in [-0.39, 0.29) is 17.0 Å². The van der Waals surface area contributed by atoms with Crippen LogP contribution in [0.3, 0.4) is 0 Å². The van der Waals surface area contributed by atoms with Crippen LogP contribution in [0.15, 0.2) is 5.16 Å². The largest absolute Gasteiger partial charge is 0.396 e.